The first-order chi connectivity index (χ1) is 14.0. The predicted molar refractivity (Wildman–Crippen MR) is 116 cm³/mol. The molecule has 1 N–H and O–H groups in total. The third kappa shape index (κ3) is 6.29. The van der Waals surface area contributed by atoms with Crippen LogP contribution in [0.1, 0.15) is 23.6 Å². The summed E-state index contributed by atoms with van der Waals surface area (Å²) in [6.07, 6.45) is 3.22. The third-order valence-electron chi connectivity index (χ3n) is 5.13. The standard InChI is InChI=1S/C24H29N3O2/c1-19-7-6-10-22(17-19)18-26-13-15-27(16-14-26)24(29)20(2)25-23(28)12-11-21-8-4-3-5-9-21/h3-12,17,20H,13-16,18H2,1-2H3,(H,25,28)/b12-11+. The van der Waals surface area contributed by atoms with Crippen LogP contribution in [0.2, 0.25) is 0 Å². The second kappa shape index (κ2) is 10.0. The Balaban J connectivity index is 1.44. The van der Waals surface area contributed by atoms with Gasteiger partial charge in [-0.15, -0.1) is 0 Å². The van der Waals surface area contributed by atoms with E-state index in [1.807, 2.05) is 35.2 Å². The SMILES string of the molecule is Cc1cccc(CN2CCN(C(=O)C(C)NC(=O)/C=C/c3ccccc3)CC2)c1. The maximum absolute atomic E-state index is 12.7. The van der Waals surface area contributed by atoms with Gasteiger partial charge in [-0.05, 0) is 31.1 Å². The highest BCUT2D eigenvalue weighted by molar-refractivity contribution is 5.95. The molecule has 1 heterocycles. The van der Waals surface area contributed by atoms with Crippen LogP contribution in [0.3, 0.4) is 0 Å². The summed E-state index contributed by atoms with van der Waals surface area (Å²) in [4.78, 5) is 29.0. The fourth-order valence-corrected chi connectivity index (χ4v) is 3.53. The Bertz CT molecular complexity index is 855. The van der Waals surface area contributed by atoms with Gasteiger partial charge in [0.2, 0.25) is 11.8 Å². The Labute approximate surface area is 173 Å². The minimum absolute atomic E-state index is 0.0262. The van der Waals surface area contributed by atoms with Crippen LogP contribution in [0.15, 0.2) is 60.7 Å². The third-order valence-corrected chi connectivity index (χ3v) is 5.13. The first-order valence-electron chi connectivity index (χ1n) is 10.1. The number of rotatable bonds is 6. The lowest BCUT2D eigenvalue weighted by molar-refractivity contribution is -0.136. The van der Waals surface area contributed by atoms with E-state index >= 15 is 0 Å². The van der Waals surface area contributed by atoms with Crippen molar-refractivity contribution in [2.24, 2.45) is 0 Å². The zero-order chi connectivity index (χ0) is 20.6. The average molecular weight is 392 g/mol. The van der Waals surface area contributed by atoms with Crippen molar-refractivity contribution in [2.45, 2.75) is 26.4 Å². The number of nitrogens with zero attached hydrogens (tertiary/aromatic N) is 2. The highest BCUT2D eigenvalue weighted by Crippen LogP contribution is 2.11. The van der Waals surface area contributed by atoms with Crippen LogP contribution in [-0.4, -0.2) is 53.8 Å². The summed E-state index contributed by atoms with van der Waals surface area (Å²) in [5, 5.41) is 2.77. The lowest BCUT2D eigenvalue weighted by Crippen LogP contribution is -2.53. The van der Waals surface area contributed by atoms with E-state index < -0.39 is 6.04 Å². The maximum atomic E-state index is 12.7. The van der Waals surface area contributed by atoms with Crippen molar-refractivity contribution < 1.29 is 9.59 Å². The lowest BCUT2D eigenvalue weighted by atomic mass is 10.1. The number of benzene rings is 2. The first kappa shape index (κ1) is 20.8. The van der Waals surface area contributed by atoms with E-state index in [-0.39, 0.29) is 11.8 Å². The zero-order valence-corrected chi connectivity index (χ0v) is 17.2. The monoisotopic (exact) mass is 391 g/mol. The van der Waals surface area contributed by atoms with E-state index in [4.69, 9.17) is 0 Å². The molecule has 152 valence electrons. The fraction of sp³-hybridized carbons (Fsp3) is 0.333. The largest absolute Gasteiger partial charge is 0.341 e. The van der Waals surface area contributed by atoms with Crippen molar-refractivity contribution in [1.29, 1.82) is 0 Å². The molecule has 29 heavy (non-hydrogen) atoms. The molecule has 3 rings (SSSR count). The summed E-state index contributed by atoms with van der Waals surface area (Å²) in [6, 6.07) is 17.6. The van der Waals surface area contributed by atoms with Crippen LogP contribution in [0.5, 0.6) is 0 Å². The number of carbonyl (C=O) groups is 2. The molecule has 1 saturated heterocycles. The van der Waals surface area contributed by atoms with Gasteiger partial charge >= 0.3 is 0 Å². The van der Waals surface area contributed by atoms with Gasteiger partial charge in [-0.25, -0.2) is 0 Å². The molecule has 0 saturated carbocycles. The molecule has 1 aliphatic heterocycles. The van der Waals surface area contributed by atoms with Gasteiger partial charge in [-0.3, -0.25) is 14.5 Å². The fourth-order valence-electron chi connectivity index (χ4n) is 3.53. The van der Waals surface area contributed by atoms with E-state index in [2.05, 4.69) is 41.4 Å². The van der Waals surface area contributed by atoms with E-state index in [1.54, 1.807) is 13.0 Å². The molecule has 1 aliphatic rings. The molecule has 5 nitrogen and oxygen atoms in total. The summed E-state index contributed by atoms with van der Waals surface area (Å²) in [7, 11) is 0. The van der Waals surface area contributed by atoms with Crippen molar-refractivity contribution in [1.82, 2.24) is 15.1 Å². The second-order valence-electron chi connectivity index (χ2n) is 7.56. The number of nitrogens with one attached hydrogen (secondary N) is 1. The number of aryl methyl sites for hydroxylation is 1. The molecule has 0 bridgehead atoms. The molecule has 5 heteroatoms. The van der Waals surface area contributed by atoms with E-state index in [0.717, 1.165) is 25.2 Å². The topological polar surface area (TPSA) is 52.6 Å². The molecule has 2 aromatic carbocycles. The Morgan fingerprint density at radius 2 is 1.76 bits per heavy atom. The zero-order valence-electron chi connectivity index (χ0n) is 17.2. The molecule has 0 radical (unpaired) electrons. The minimum Gasteiger partial charge on any atom is -0.341 e. The van der Waals surface area contributed by atoms with Gasteiger partial charge in [0, 0.05) is 38.8 Å². The summed E-state index contributed by atoms with van der Waals surface area (Å²) >= 11 is 0. The lowest BCUT2D eigenvalue weighted by Gasteiger charge is -2.36. The number of piperazine rings is 1. The van der Waals surface area contributed by atoms with Crippen molar-refractivity contribution >= 4 is 17.9 Å². The molecule has 1 fully saturated rings. The van der Waals surface area contributed by atoms with Crippen LogP contribution >= 0.6 is 0 Å². The van der Waals surface area contributed by atoms with Gasteiger partial charge in [0.1, 0.15) is 6.04 Å². The Morgan fingerprint density at radius 1 is 1.03 bits per heavy atom. The molecular weight excluding hydrogens is 362 g/mol. The quantitative estimate of drug-likeness (QED) is 0.771. The summed E-state index contributed by atoms with van der Waals surface area (Å²) in [6.45, 7) is 7.80. The highest BCUT2D eigenvalue weighted by atomic mass is 16.2. The van der Waals surface area contributed by atoms with Gasteiger partial charge in [0.15, 0.2) is 0 Å². The van der Waals surface area contributed by atoms with Crippen LogP contribution < -0.4 is 5.32 Å². The molecule has 2 amide bonds. The summed E-state index contributed by atoms with van der Waals surface area (Å²) in [5.41, 5.74) is 3.52. The number of amides is 2. The smallest absolute Gasteiger partial charge is 0.244 e. The normalized spacial score (nSPS) is 16.0. The molecule has 1 atom stereocenters. The highest BCUT2D eigenvalue weighted by Gasteiger charge is 2.25. The molecule has 1 unspecified atom stereocenters. The van der Waals surface area contributed by atoms with Crippen LogP contribution in [0.25, 0.3) is 6.08 Å². The van der Waals surface area contributed by atoms with Gasteiger partial charge in [-0.2, -0.15) is 0 Å². The van der Waals surface area contributed by atoms with E-state index in [1.165, 1.54) is 17.2 Å². The average Bonchev–Trinajstić information content (AvgIpc) is 2.73. The van der Waals surface area contributed by atoms with E-state index in [9.17, 15) is 9.59 Å². The molecule has 0 aliphatic carbocycles. The van der Waals surface area contributed by atoms with Gasteiger partial charge in [0.05, 0.1) is 0 Å². The summed E-state index contributed by atoms with van der Waals surface area (Å²) in [5.74, 6) is -0.283. The number of carbonyl (C=O) groups excluding carboxylic acids is 2. The van der Waals surface area contributed by atoms with Crippen molar-refractivity contribution in [2.75, 3.05) is 26.2 Å². The van der Waals surface area contributed by atoms with Crippen LogP contribution in [0, 0.1) is 6.92 Å². The van der Waals surface area contributed by atoms with Crippen molar-refractivity contribution in [3.8, 4) is 0 Å². The van der Waals surface area contributed by atoms with E-state index in [0.29, 0.717) is 13.1 Å². The van der Waals surface area contributed by atoms with Gasteiger partial charge in [0.25, 0.3) is 0 Å². The summed E-state index contributed by atoms with van der Waals surface area (Å²) < 4.78 is 0. The van der Waals surface area contributed by atoms with Gasteiger partial charge < -0.3 is 10.2 Å². The van der Waals surface area contributed by atoms with Gasteiger partial charge in [-0.1, -0.05) is 60.2 Å². The molecule has 0 spiro atoms. The Hall–Kier alpha value is -2.92. The molecule has 2 aromatic rings. The first-order valence-corrected chi connectivity index (χ1v) is 10.1. The maximum Gasteiger partial charge on any atom is 0.244 e. The number of hydrogen-bond donors (Lipinski definition) is 1. The second-order valence-corrected chi connectivity index (χ2v) is 7.56. The Kier molecular flexibility index (Phi) is 7.19. The minimum atomic E-state index is -0.536. The van der Waals surface area contributed by atoms with Crippen LogP contribution in [0.4, 0.5) is 0 Å². The van der Waals surface area contributed by atoms with Crippen LogP contribution in [-0.2, 0) is 16.1 Å². The molecular formula is C24H29N3O2. The predicted octanol–water partition coefficient (Wildman–Crippen LogP) is 2.86. The van der Waals surface area contributed by atoms with Crippen molar-refractivity contribution in [3.05, 3.63) is 77.4 Å². The van der Waals surface area contributed by atoms with Crippen molar-refractivity contribution in [3.63, 3.8) is 0 Å². The molecule has 0 aromatic heterocycles. The Morgan fingerprint density at radius 3 is 2.45 bits per heavy atom. The number of hydrogen-bond acceptors (Lipinski definition) is 3.